The standard InChI is InChI=1S/C16H26N2O3.ClH/c1-11(2)7-8-21-14-6-5-13(9-15(14)20-4)12(3)18-16(19)10-17;/h5-6,9,11-12H,7-8,10,17H2,1-4H3,(H,18,19);1H. The lowest BCUT2D eigenvalue weighted by atomic mass is 10.1. The topological polar surface area (TPSA) is 73.6 Å². The number of amides is 1. The van der Waals surface area contributed by atoms with Crippen LogP contribution in [0.3, 0.4) is 0 Å². The molecule has 0 saturated heterocycles. The number of hydrogen-bond acceptors (Lipinski definition) is 4. The number of carbonyl (C=O) groups is 1. The smallest absolute Gasteiger partial charge is 0.234 e. The van der Waals surface area contributed by atoms with Crippen LogP contribution in [-0.2, 0) is 4.79 Å². The van der Waals surface area contributed by atoms with Crippen molar-refractivity contribution in [3.05, 3.63) is 23.8 Å². The average molecular weight is 331 g/mol. The molecular formula is C16H27ClN2O3. The number of carbonyl (C=O) groups excluding carboxylic acids is 1. The third-order valence-corrected chi connectivity index (χ3v) is 3.20. The molecule has 0 radical (unpaired) electrons. The molecule has 0 heterocycles. The number of halogens is 1. The van der Waals surface area contributed by atoms with Crippen LogP contribution in [0.25, 0.3) is 0 Å². The Balaban J connectivity index is 0.00000441. The van der Waals surface area contributed by atoms with E-state index >= 15 is 0 Å². The number of methoxy groups -OCH3 is 1. The van der Waals surface area contributed by atoms with Gasteiger partial charge in [-0.05, 0) is 37.0 Å². The van der Waals surface area contributed by atoms with Crippen LogP contribution in [0.1, 0.15) is 38.8 Å². The molecule has 1 aromatic rings. The van der Waals surface area contributed by atoms with Crippen LogP contribution in [0.15, 0.2) is 18.2 Å². The van der Waals surface area contributed by atoms with E-state index in [0.29, 0.717) is 18.3 Å². The first-order valence-corrected chi connectivity index (χ1v) is 7.28. The second-order valence-electron chi connectivity index (χ2n) is 5.43. The minimum atomic E-state index is -0.182. The van der Waals surface area contributed by atoms with Gasteiger partial charge >= 0.3 is 0 Å². The van der Waals surface area contributed by atoms with E-state index in [1.54, 1.807) is 7.11 Å². The number of ether oxygens (including phenoxy) is 2. The summed E-state index contributed by atoms with van der Waals surface area (Å²) < 4.78 is 11.1. The van der Waals surface area contributed by atoms with Gasteiger partial charge in [-0.15, -0.1) is 12.4 Å². The Bertz CT molecular complexity index is 467. The van der Waals surface area contributed by atoms with Gasteiger partial charge in [-0.2, -0.15) is 0 Å². The largest absolute Gasteiger partial charge is 0.493 e. The lowest BCUT2D eigenvalue weighted by Crippen LogP contribution is -2.32. The van der Waals surface area contributed by atoms with Crippen molar-refractivity contribution in [1.82, 2.24) is 5.32 Å². The molecule has 0 aromatic heterocycles. The van der Waals surface area contributed by atoms with E-state index in [1.165, 1.54) is 0 Å². The maximum Gasteiger partial charge on any atom is 0.234 e. The minimum absolute atomic E-state index is 0. The van der Waals surface area contributed by atoms with Crippen molar-refractivity contribution in [2.45, 2.75) is 33.2 Å². The van der Waals surface area contributed by atoms with Gasteiger partial charge in [-0.3, -0.25) is 4.79 Å². The van der Waals surface area contributed by atoms with Gasteiger partial charge in [0.1, 0.15) is 0 Å². The second kappa shape index (κ2) is 10.3. The van der Waals surface area contributed by atoms with Crippen molar-refractivity contribution in [3.8, 4) is 11.5 Å². The Morgan fingerprint density at radius 1 is 1.27 bits per heavy atom. The monoisotopic (exact) mass is 330 g/mol. The molecule has 1 amide bonds. The van der Waals surface area contributed by atoms with Gasteiger partial charge in [0.05, 0.1) is 26.3 Å². The first-order valence-electron chi connectivity index (χ1n) is 7.28. The molecule has 0 saturated carbocycles. The zero-order valence-electron chi connectivity index (χ0n) is 13.7. The van der Waals surface area contributed by atoms with Gasteiger partial charge in [-0.25, -0.2) is 0 Å². The number of rotatable bonds is 8. The minimum Gasteiger partial charge on any atom is -0.493 e. The van der Waals surface area contributed by atoms with Crippen molar-refractivity contribution >= 4 is 18.3 Å². The van der Waals surface area contributed by atoms with Gasteiger partial charge in [0.25, 0.3) is 0 Å². The van der Waals surface area contributed by atoms with Gasteiger partial charge in [0.2, 0.25) is 5.91 Å². The molecule has 1 unspecified atom stereocenters. The van der Waals surface area contributed by atoms with Gasteiger partial charge in [-0.1, -0.05) is 19.9 Å². The number of hydrogen-bond donors (Lipinski definition) is 2. The van der Waals surface area contributed by atoms with Crippen LogP contribution in [0.5, 0.6) is 11.5 Å². The molecule has 0 fully saturated rings. The van der Waals surface area contributed by atoms with Crippen LogP contribution in [0.2, 0.25) is 0 Å². The summed E-state index contributed by atoms with van der Waals surface area (Å²) in [5, 5.41) is 2.81. The number of nitrogens with two attached hydrogens (primary N) is 1. The molecule has 1 aromatic carbocycles. The fourth-order valence-electron chi connectivity index (χ4n) is 1.86. The van der Waals surface area contributed by atoms with E-state index < -0.39 is 0 Å². The highest BCUT2D eigenvalue weighted by Crippen LogP contribution is 2.30. The van der Waals surface area contributed by atoms with E-state index in [2.05, 4.69) is 19.2 Å². The fourth-order valence-corrected chi connectivity index (χ4v) is 1.86. The summed E-state index contributed by atoms with van der Waals surface area (Å²) in [6, 6.07) is 5.56. The summed E-state index contributed by atoms with van der Waals surface area (Å²) in [4.78, 5) is 11.3. The maximum absolute atomic E-state index is 11.3. The van der Waals surface area contributed by atoms with Crippen molar-refractivity contribution in [2.75, 3.05) is 20.3 Å². The van der Waals surface area contributed by atoms with E-state index in [9.17, 15) is 4.79 Å². The molecule has 0 aliphatic heterocycles. The first-order chi connectivity index (χ1) is 9.97. The molecule has 1 rings (SSSR count). The molecule has 0 aliphatic rings. The molecule has 0 bridgehead atoms. The Morgan fingerprint density at radius 3 is 2.50 bits per heavy atom. The second-order valence-corrected chi connectivity index (χ2v) is 5.43. The van der Waals surface area contributed by atoms with Crippen molar-refractivity contribution in [3.63, 3.8) is 0 Å². The van der Waals surface area contributed by atoms with E-state index in [0.717, 1.165) is 17.7 Å². The van der Waals surface area contributed by atoms with Gasteiger partial charge < -0.3 is 20.5 Å². The molecule has 0 aliphatic carbocycles. The SMILES string of the molecule is COc1cc(C(C)NC(=O)CN)ccc1OCCC(C)C.Cl. The summed E-state index contributed by atoms with van der Waals surface area (Å²) in [5.74, 6) is 1.81. The molecule has 5 nitrogen and oxygen atoms in total. The van der Waals surface area contributed by atoms with Crippen molar-refractivity contribution in [1.29, 1.82) is 0 Å². The normalized spacial score (nSPS) is 11.5. The van der Waals surface area contributed by atoms with E-state index in [4.69, 9.17) is 15.2 Å². The fraction of sp³-hybridized carbons (Fsp3) is 0.562. The van der Waals surface area contributed by atoms with Crippen molar-refractivity contribution < 1.29 is 14.3 Å². The lowest BCUT2D eigenvalue weighted by molar-refractivity contribution is -0.120. The Morgan fingerprint density at radius 2 is 1.95 bits per heavy atom. The molecule has 3 N–H and O–H groups in total. The third-order valence-electron chi connectivity index (χ3n) is 3.20. The van der Waals surface area contributed by atoms with Crippen LogP contribution >= 0.6 is 12.4 Å². The van der Waals surface area contributed by atoms with Crippen LogP contribution < -0.4 is 20.5 Å². The van der Waals surface area contributed by atoms with E-state index in [-0.39, 0.29) is 30.9 Å². The van der Waals surface area contributed by atoms with Crippen LogP contribution in [-0.4, -0.2) is 26.2 Å². The molecular weight excluding hydrogens is 304 g/mol. The third kappa shape index (κ3) is 6.54. The highest BCUT2D eigenvalue weighted by atomic mass is 35.5. The van der Waals surface area contributed by atoms with Gasteiger partial charge in [0, 0.05) is 0 Å². The zero-order valence-corrected chi connectivity index (χ0v) is 14.5. The first kappa shape index (κ1) is 20.5. The maximum atomic E-state index is 11.3. The molecule has 22 heavy (non-hydrogen) atoms. The molecule has 1 atom stereocenters. The molecule has 126 valence electrons. The summed E-state index contributed by atoms with van der Waals surface area (Å²) in [7, 11) is 1.61. The molecule has 6 heteroatoms. The Kier molecular flexibility index (Phi) is 9.61. The molecule has 0 spiro atoms. The number of benzene rings is 1. The van der Waals surface area contributed by atoms with Gasteiger partial charge in [0.15, 0.2) is 11.5 Å². The summed E-state index contributed by atoms with van der Waals surface area (Å²) in [6.07, 6.45) is 0.994. The summed E-state index contributed by atoms with van der Waals surface area (Å²) in [5.41, 5.74) is 6.25. The van der Waals surface area contributed by atoms with E-state index in [1.807, 2.05) is 25.1 Å². The lowest BCUT2D eigenvalue weighted by Gasteiger charge is -2.17. The Hall–Kier alpha value is -1.46. The number of nitrogens with one attached hydrogen (secondary N) is 1. The summed E-state index contributed by atoms with van der Waals surface area (Å²) >= 11 is 0. The quantitative estimate of drug-likeness (QED) is 0.768. The predicted molar refractivity (Wildman–Crippen MR) is 90.8 cm³/mol. The Labute approximate surface area is 139 Å². The van der Waals surface area contributed by atoms with Crippen molar-refractivity contribution in [2.24, 2.45) is 11.7 Å². The highest BCUT2D eigenvalue weighted by Gasteiger charge is 2.12. The highest BCUT2D eigenvalue weighted by molar-refractivity contribution is 5.85. The summed E-state index contributed by atoms with van der Waals surface area (Å²) in [6.45, 7) is 6.86. The average Bonchev–Trinajstić information content (AvgIpc) is 2.46. The predicted octanol–water partition coefficient (Wildman–Crippen LogP) is 2.68. The zero-order chi connectivity index (χ0) is 15.8. The van der Waals surface area contributed by atoms with Crippen LogP contribution in [0, 0.1) is 5.92 Å². The van der Waals surface area contributed by atoms with Crippen LogP contribution in [0.4, 0.5) is 0 Å².